The van der Waals surface area contributed by atoms with Crippen LogP contribution in [0.2, 0.25) is 0 Å². The lowest BCUT2D eigenvalue weighted by Crippen LogP contribution is -2.49. The van der Waals surface area contributed by atoms with Crippen LogP contribution in [-0.2, 0) is 6.42 Å². The number of pyridine rings is 1. The molecule has 154 valence electrons. The molecule has 28 heavy (non-hydrogen) atoms. The van der Waals surface area contributed by atoms with Crippen molar-refractivity contribution in [1.82, 2.24) is 15.6 Å². The molecule has 3 rings (SSSR count). The monoisotopic (exact) mass is 497 g/mol. The van der Waals surface area contributed by atoms with E-state index >= 15 is 0 Å². The minimum atomic E-state index is 0. The fraction of sp³-hybridized carbons (Fsp3) is 0.524. The molecule has 2 N–H and O–H groups in total. The van der Waals surface area contributed by atoms with Crippen molar-refractivity contribution >= 4 is 35.8 Å². The third-order valence-electron chi connectivity index (χ3n) is 4.77. The fourth-order valence-electron chi connectivity index (χ4n) is 3.29. The number of hydrogen-bond donors (Lipinski definition) is 2. The lowest BCUT2D eigenvalue weighted by Gasteiger charge is -2.34. The standard InChI is InChI=1S/C21H31N5O.HI/c1-3-12-22-21(23-13-9-19-7-5-16-27-19)25-18-10-14-26(15-11-18)20-8-4-6-17(2)24-20;/h4-8,16,18H,3,9-15H2,1-2H3,(H2,22,23,25);1H. The van der Waals surface area contributed by atoms with Crippen molar-refractivity contribution in [3.05, 3.63) is 48.0 Å². The second-order valence-electron chi connectivity index (χ2n) is 7.03. The molecule has 6 nitrogen and oxygen atoms in total. The summed E-state index contributed by atoms with van der Waals surface area (Å²) >= 11 is 0. The van der Waals surface area contributed by atoms with Gasteiger partial charge in [-0.25, -0.2) is 4.98 Å². The largest absolute Gasteiger partial charge is 0.469 e. The van der Waals surface area contributed by atoms with Crippen LogP contribution >= 0.6 is 24.0 Å². The molecule has 1 aliphatic rings. The maximum absolute atomic E-state index is 5.40. The van der Waals surface area contributed by atoms with Gasteiger partial charge in [-0.15, -0.1) is 24.0 Å². The maximum Gasteiger partial charge on any atom is 0.191 e. The highest BCUT2D eigenvalue weighted by Crippen LogP contribution is 2.18. The lowest BCUT2D eigenvalue weighted by atomic mass is 10.1. The number of anilines is 1. The van der Waals surface area contributed by atoms with E-state index in [0.717, 1.165) is 75.1 Å². The van der Waals surface area contributed by atoms with Crippen LogP contribution in [0.4, 0.5) is 5.82 Å². The quantitative estimate of drug-likeness (QED) is 0.347. The van der Waals surface area contributed by atoms with E-state index in [1.807, 2.05) is 25.1 Å². The number of halogens is 1. The Balaban J connectivity index is 0.00000280. The summed E-state index contributed by atoms with van der Waals surface area (Å²) in [5.74, 6) is 3.00. The molecule has 0 atom stereocenters. The van der Waals surface area contributed by atoms with Gasteiger partial charge in [0.2, 0.25) is 0 Å². The number of rotatable bonds is 7. The van der Waals surface area contributed by atoms with Crippen LogP contribution < -0.4 is 15.5 Å². The van der Waals surface area contributed by atoms with E-state index in [4.69, 9.17) is 4.42 Å². The second kappa shape index (κ2) is 11.9. The van der Waals surface area contributed by atoms with Crippen LogP contribution in [0, 0.1) is 6.92 Å². The number of guanidine groups is 1. The zero-order chi connectivity index (χ0) is 18.9. The van der Waals surface area contributed by atoms with Crippen molar-refractivity contribution < 1.29 is 4.42 Å². The summed E-state index contributed by atoms with van der Waals surface area (Å²) in [6.45, 7) is 7.88. The molecule has 3 heterocycles. The van der Waals surface area contributed by atoms with Gasteiger partial charge >= 0.3 is 0 Å². The van der Waals surface area contributed by atoms with E-state index < -0.39 is 0 Å². The summed E-state index contributed by atoms with van der Waals surface area (Å²) in [5.41, 5.74) is 1.07. The molecule has 1 saturated heterocycles. The molecule has 1 aliphatic heterocycles. The molecule has 7 heteroatoms. The number of furan rings is 1. The van der Waals surface area contributed by atoms with Gasteiger partial charge in [-0.05, 0) is 50.5 Å². The predicted molar refractivity (Wildman–Crippen MR) is 126 cm³/mol. The van der Waals surface area contributed by atoms with Gasteiger partial charge in [0.05, 0.1) is 6.26 Å². The number of aromatic nitrogens is 1. The molecule has 2 aromatic heterocycles. The van der Waals surface area contributed by atoms with Crippen molar-refractivity contribution in [2.45, 2.75) is 45.6 Å². The van der Waals surface area contributed by atoms with Crippen LogP contribution in [0.1, 0.15) is 37.6 Å². The molecule has 0 aromatic carbocycles. The highest BCUT2D eigenvalue weighted by atomic mass is 127. The molecule has 1 fully saturated rings. The first-order chi connectivity index (χ1) is 13.2. The lowest BCUT2D eigenvalue weighted by molar-refractivity contribution is 0.458. The molecule has 0 amide bonds. The van der Waals surface area contributed by atoms with E-state index in [1.165, 1.54) is 0 Å². The normalized spacial score (nSPS) is 15.2. The van der Waals surface area contributed by atoms with Crippen molar-refractivity contribution in [3.8, 4) is 0 Å². The molecule has 0 bridgehead atoms. The molecule has 0 radical (unpaired) electrons. The van der Waals surface area contributed by atoms with E-state index in [0.29, 0.717) is 6.04 Å². The van der Waals surface area contributed by atoms with Gasteiger partial charge < -0.3 is 20.0 Å². The Morgan fingerprint density at radius 3 is 2.75 bits per heavy atom. The number of nitrogens with zero attached hydrogens (tertiary/aromatic N) is 3. The summed E-state index contributed by atoms with van der Waals surface area (Å²) in [5, 5.41) is 7.06. The number of hydrogen-bond acceptors (Lipinski definition) is 4. The van der Waals surface area contributed by atoms with Crippen LogP contribution in [0.3, 0.4) is 0 Å². The van der Waals surface area contributed by atoms with Gasteiger partial charge in [-0.3, -0.25) is 4.99 Å². The SMILES string of the molecule is CCCN=C(NCCc1ccco1)NC1CCN(c2cccc(C)n2)CC1.I. The Morgan fingerprint density at radius 2 is 2.07 bits per heavy atom. The number of aliphatic imine (C=N–C) groups is 1. The maximum atomic E-state index is 5.40. The van der Waals surface area contributed by atoms with Crippen molar-refractivity contribution in [1.29, 1.82) is 0 Å². The topological polar surface area (TPSA) is 65.7 Å². The zero-order valence-electron chi connectivity index (χ0n) is 16.9. The molecular formula is C21H32IN5O. The van der Waals surface area contributed by atoms with E-state index in [9.17, 15) is 0 Å². The van der Waals surface area contributed by atoms with Crippen molar-refractivity contribution in [2.24, 2.45) is 4.99 Å². The number of aryl methyl sites for hydroxylation is 1. The fourth-order valence-corrected chi connectivity index (χ4v) is 3.29. The van der Waals surface area contributed by atoms with Gasteiger partial charge in [0, 0.05) is 44.3 Å². The van der Waals surface area contributed by atoms with Crippen LogP contribution in [0.5, 0.6) is 0 Å². The summed E-state index contributed by atoms with van der Waals surface area (Å²) in [6, 6.07) is 10.6. The van der Waals surface area contributed by atoms with Gasteiger partial charge in [0.1, 0.15) is 11.6 Å². The van der Waals surface area contributed by atoms with Gasteiger partial charge in [-0.1, -0.05) is 13.0 Å². The Morgan fingerprint density at radius 1 is 1.25 bits per heavy atom. The zero-order valence-corrected chi connectivity index (χ0v) is 19.2. The number of piperidine rings is 1. The third-order valence-corrected chi connectivity index (χ3v) is 4.77. The average molecular weight is 497 g/mol. The molecule has 0 unspecified atom stereocenters. The minimum Gasteiger partial charge on any atom is -0.469 e. The van der Waals surface area contributed by atoms with E-state index in [-0.39, 0.29) is 24.0 Å². The molecular weight excluding hydrogens is 465 g/mol. The molecule has 0 aliphatic carbocycles. The van der Waals surface area contributed by atoms with Crippen LogP contribution in [0.15, 0.2) is 46.0 Å². The van der Waals surface area contributed by atoms with E-state index in [1.54, 1.807) is 6.26 Å². The van der Waals surface area contributed by atoms with Gasteiger partial charge in [0.15, 0.2) is 5.96 Å². The summed E-state index contributed by atoms with van der Waals surface area (Å²) in [4.78, 5) is 11.7. The average Bonchev–Trinajstić information content (AvgIpc) is 3.20. The van der Waals surface area contributed by atoms with Crippen molar-refractivity contribution in [2.75, 3.05) is 31.1 Å². The molecule has 0 spiro atoms. The van der Waals surface area contributed by atoms with Gasteiger partial charge in [-0.2, -0.15) is 0 Å². The Kier molecular flexibility index (Phi) is 9.60. The van der Waals surface area contributed by atoms with Crippen molar-refractivity contribution in [3.63, 3.8) is 0 Å². The third kappa shape index (κ3) is 7.00. The first-order valence-electron chi connectivity index (χ1n) is 10.0. The highest BCUT2D eigenvalue weighted by molar-refractivity contribution is 14.0. The summed E-state index contributed by atoms with van der Waals surface area (Å²) < 4.78 is 5.40. The molecule has 2 aromatic rings. The van der Waals surface area contributed by atoms with Crippen LogP contribution in [0.25, 0.3) is 0 Å². The number of nitrogens with one attached hydrogen (secondary N) is 2. The minimum absolute atomic E-state index is 0. The second-order valence-corrected chi connectivity index (χ2v) is 7.03. The van der Waals surface area contributed by atoms with E-state index in [2.05, 4.69) is 44.6 Å². The first kappa shape index (κ1) is 22.5. The Labute approximate surface area is 185 Å². The first-order valence-corrected chi connectivity index (χ1v) is 10.0. The summed E-state index contributed by atoms with van der Waals surface area (Å²) in [7, 11) is 0. The Hall–Kier alpha value is -1.77. The van der Waals surface area contributed by atoms with Crippen LogP contribution in [-0.4, -0.2) is 43.2 Å². The smallest absolute Gasteiger partial charge is 0.191 e. The Bertz CT molecular complexity index is 711. The highest BCUT2D eigenvalue weighted by Gasteiger charge is 2.21. The predicted octanol–water partition coefficient (Wildman–Crippen LogP) is 3.76. The molecule has 0 saturated carbocycles. The summed E-state index contributed by atoms with van der Waals surface area (Å²) in [6.07, 6.45) is 5.79. The van der Waals surface area contributed by atoms with Gasteiger partial charge in [0.25, 0.3) is 0 Å².